The van der Waals surface area contributed by atoms with Gasteiger partial charge < -0.3 is 10.8 Å². The molecule has 0 saturated carbocycles. The summed E-state index contributed by atoms with van der Waals surface area (Å²) in [6, 6.07) is 12.9. The molecule has 0 fully saturated rings. The molecule has 5 heteroatoms. The maximum atomic E-state index is 9.43. The van der Waals surface area contributed by atoms with E-state index in [2.05, 4.69) is 15.2 Å². The smallest absolute Gasteiger partial charge is 0.181 e. The first kappa shape index (κ1) is 12.2. The predicted octanol–water partition coefficient (Wildman–Crippen LogP) is 2.73. The van der Waals surface area contributed by atoms with Crippen molar-refractivity contribution in [3.8, 4) is 28.5 Å². The number of aromatic nitrogens is 3. The molecule has 0 aliphatic heterocycles. The molecule has 2 aromatic carbocycles. The fourth-order valence-electron chi connectivity index (χ4n) is 1.93. The van der Waals surface area contributed by atoms with E-state index in [1.807, 2.05) is 31.2 Å². The summed E-state index contributed by atoms with van der Waals surface area (Å²) < 4.78 is 0. The Hall–Kier alpha value is -2.82. The lowest BCUT2D eigenvalue weighted by Gasteiger charge is -2.00. The third-order valence-electron chi connectivity index (χ3n) is 3.10. The minimum Gasteiger partial charge on any atom is -0.506 e. The van der Waals surface area contributed by atoms with Crippen molar-refractivity contribution < 1.29 is 5.11 Å². The average Bonchev–Trinajstić information content (AvgIpc) is 2.92. The fraction of sp³-hybridized carbons (Fsp3) is 0.0667. The Morgan fingerprint density at radius 3 is 2.45 bits per heavy atom. The molecule has 3 aromatic rings. The van der Waals surface area contributed by atoms with Crippen molar-refractivity contribution in [2.24, 2.45) is 0 Å². The standard InChI is InChI=1S/C15H14N4O/c1-9-2-4-10(5-3-9)14-17-15(19-18-14)11-6-7-13(20)12(16)8-11/h2-8,20H,16H2,1H3,(H,17,18,19). The molecule has 0 amide bonds. The van der Waals surface area contributed by atoms with E-state index in [0.717, 1.165) is 11.1 Å². The van der Waals surface area contributed by atoms with Gasteiger partial charge in [-0.3, -0.25) is 5.10 Å². The number of nitrogens with zero attached hydrogens (tertiary/aromatic N) is 2. The number of aromatic amines is 1. The molecule has 4 N–H and O–H groups in total. The minimum absolute atomic E-state index is 0.0584. The molecule has 20 heavy (non-hydrogen) atoms. The van der Waals surface area contributed by atoms with Crippen molar-refractivity contribution in [1.29, 1.82) is 0 Å². The van der Waals surface area contributed by atoms with Gasteiger partial charge in [-0.1, -0.05) is 29.8 Å². The molecule has 0 aliphatic carbocycles. The number of rotatable bonds is 2. The summed E-state index contributed by atoms with van der Waals surface area (Å²) in [5.41, 5.74) is 8.91. The summed E-state index contributed by atoms with van der Waals surface area (Å²) in [5.74, 6) is 1.31. The number of hydrogen-bond acceptors (Lipinski definition) is 4. The number of benzene rings is 2. The molecule has 5 nitrogen and oxygen atoms in total. The molecule has 1 aromatic heterocycles. The van der Waals surface area contributed by atoms with Crippen LogP contribution in [0.25, 0.3) is 22.8 Å². The van der Waals surface area contributed by atoms with Crippen LogP contribution in [0.4, 0.5) is 5.69 Å². The molecule has 0 spiro atoms. The summed E-state index contributed by atoms with van der Waals surface area (Å²) >= 11 is 0. The molecule has 0 unspecified atom stereocenters. The number of H-pyrrole nitrogens is 1. The molecule has 0 radical (unpaired) electrons. The lowest BCUT2D eigenvalue weighted by molar-refractivity contribution is 0.478. The van der Waals surface area contributed by atoms with Crippen molar-refractivity contribution >= 4 is 5.69 Å². The van der Waals surface area contributed by atoms with E-state index in [1.54, 1.807) is 12.1 Å². The van der Waals surface area contributed by atoms with Crippen LogP contribution in [0, 0.1) is 6.92 Å². The summed E-state index contributed by atoms with van der Waals surface area (Å²) in [7, 11) is 0. The van der Waals surface area contributed by atoms with Crippen LogP contribution in [0.5, 0.6) is 5.75 Å². The number of anilines is 1. The monoisotopic (exact) mass is 266 g/mol. The highest BCUT2D eigenvalue weighted by molar-refractivity contribution is 5.67. The number of hydrogen-bond donors (Lipinski definition) is 3. The lowest BCUT2D eigenvalue weighted by Crippen LogP contribution is -1.88. The molecule has 3 rings (SSSR count). The SMILES string of the molecule is Cc1ccc(-c2nc(-c3ccc(O)c(N)c3)n[nH]2)cc1. The molecule has 100 valence electrons. The van der Waals surface area contributed by atoms with Crippen molar-refractivity contribution in [2.75, 3.05) is 5.73 Å². The normalized spacial score (nSPS) is 10.7. The Balaban J connectivity index is 1.97. The summed E-state index contributed by atoms with van der Waals surface area (Å²) in [6.07, 6.45) is 0. The molecule has 0 bridgehead atoms. The number of aryl methyl sites for hydroxylation is 1. The molecule has 0 aliphatic rings. The molecular weight excluding hydrogens is 252 g/mol. The van der Waals surface area contributed by atoms with E-state index in [0.29, 0.717) is 17.3 Å². The third kappa shape index (κ3) is 2.21. The van der Waals surface area contributed by atoms with Crippen LogP contribution in [-0.2, 0) is 0 Å². The van der Waals surface area contributed by atoms with Gasteiger partial charge in [-0.25, -0.2) is 4.98 Å². The number of phenols is 1. The molecule has 0 atom stereocenters. The van der Waals surface area contributed by atoms with Crippen molar-refractivity contribution in [2.45, 2.75) is 6.92 Å². The molecule has 0 saturated heterocycles. The van der Waals surface area contributed by atoms with Gasteiger partial charge in [-0.2, -0.15) is 5.10 Å². The number of phenolic OH excluding ortho intramolecular Hbond substituents is 1. The van der Waals surface area contributed by atoms with Crippen molar-refractivity contribution in [3.63, 3.8) is 0 Å². The second-order valence-corrected chi connectivity index (χ2v) is 4.65. The maximum absolute atomic E-state index is 9.43. The van der Waals surface area contributed by atoms with Gasteiger partial charge in [0.1, 0.15) is 5.75 Å². The van der Waals surface area contributed by atoms with E-state index in [9.17, 15) is 5.11 Å². The number of nitrogens with two attached hydrogens (primary N) is 1. The van der Waals surface area contributed by atoms with Gasteiger partial charge in [0.15, 0.2) is 11.6 Å². The zero-order valence-corrected chi connectivity index (χ0v) is 11.0. The second-order valence-electron chi connectivity index (χ2n) is 4.65. The number of nitrogen functional groups attached to an aromatic ring is 1. The Labute approximate surface area is 116 Å². The first-order valence-electron chi connectivity index (χ1n) is 6.22. The predicted molar refractivity (Wildman–Crippen MR) is 78.1 cm³/mol. The van der Waals surface area contributed by atoms with Gasteiger partial charge in [-0.15, -0.1) is 0 Å². The van der Waals surface area contributed by atoms with Gasteiger partial charge in [0.05, 0.1) is 5.69 Å². The number of aromatic hydroxyl groups is 1. The van der Waals surface area contributed by atoms with Crippen LogP contribution >= 0.6 is 0 Å². The van der Waals surface area contributed by atoms with Gasteiger partial charge in [0, 0.05) is 11.1 Å². The molecule has 1 heterocycles. The van der Waals surface area contributed by atoms with E-state index < -0.39 is 0 Å². The first-order chi connectivity index (χ1) is 9.63. The summed E-state index contributed by atoms with van der Waals surface area (Å²) in [4.78, 5) is 4.45. The van der Waals surface area contributed by atoms with Gasteiger partial charge in [0.25, 0.3) is 0 Å². The Morgan fingerprint density at radius 1 is 1.05 bits per heavy atom. The molecular formula is C15H14N4O. The minimum atomic E-state index is 0.0584. The highest BCUT2D eigenvalue weighted by Crippen LogP contribution is 2.26. The Bertz CT molecular complexity index is 747. The van der Waals surface area contributed by atoms with E-state index >= 15 is 0 Å². The van der Waals surface area contributed by atoms with E-state index in [-0.39, 0.29) is 5.75 Å². The number of nitrogens with one attached hydrogen (secondary N) is 1. The lowest BCUT2D eigenvalue weighted by atomic mass is 10.1. The fourth-order valence-corrected chi connectivity index (χ4v) is 1.93. The zero-order chi connectivity index (χ0) is 14.1. The Morgan fingerprint density at radius 2 is 1.75 bits per heavy atom. The van der Waals surface area contributed by atoms with Gasteiger partial charge >= 0.3 is 0 Å². The average molecular weight is 266 g/mol. The van der Waals surface area contributed by atoms with Gasteiger partial charge in [-0.05, 0) is 25.1 Å². The highest BCUT2D eigenvalue weighted by Gasteiger charge is 2.09. The largest absolute Gasteiger partial charge is 0.506 e. The summed E-state index contributed by atoms with van der Waals surface area (Å²) in [6.45, 7) is 2.04. The quantitative estimate of drug-likeness (QED) is 0.491. The van der Waals surface area contributed by atoms with Crippen LogP contribution in [0.2, 0.25) is 0 Å². The maximum Gasteiger partial charge on any atom is 0.181 e. The van der Waals surface area contributed by atoms with Crippen LogP contribution in [-0.4, -0.2) is 20.3 Å². The van der Waals surface area contributed by atoms with E-state index in [4.69, 9.17) is 5.73 Å². The first-order valence-corrected chi connectivity index (χ1v) is 6.22. The Kier molecular flexibility index (Phi) is 2.87. The third-order valence-corrected chi connectivity index (χ3v) is 3.10. The summed E-state index contributed by atoms with van der Waals surface area (Å²) in [5, 5.41) is 16.5. The van der Waals surface area contributed by atoms with Crippen LogP contribution in [0.15, 0.2) is 42.5 Å². The van der Waals surface area contributed by atoms with Crippen LogP contribution < -0.4 is 5.73 Å². The van der Waals surface area contributed by atoms with Crippen LogP contribution in [0.1, 0.15) is 5.56 Å². The second kappa shape index (κ2) is 4.70. The topological polar surface area (TPSA) is 87.8 Å². The van der Waals surface area contributed by atoms with Crippen LogP contribution in [0.3, 0.4) is 0 Å². The highest BCUT2D eigenvalue weighted by atomic mass is 16.3. The van der Waals surface area contributed by atoms with Crippen molar-refractivity contribution in [3.05, 3.63) is 48.0 Å². The van der Waals surface area contributed by atoms with Gasteiger partial charge in [0.2, 0.25) is 0 Å². The van der Waals surface area contributed by atoms with Crippen molar-refractivity contribution in [1.82, 2.24) is 15.2 Å². The van der Waals surface area contributed by atoms with E-state index in [1.165, 1.54) is 11.6 Å². The zero-order valence-electron chi connectivity index (χ0n) is 11.0.